The summed E-state index contributed by atoms with van der Waals surface area (Å²) in [6.45, 7) is 1.91. The van der Waals surface area contributed by atoms with Gasteiger partial charge in [0.1, 0.15) is 0 Å². The van der Waals surface area contributed by atoms with Gasteiger partial charge in [-0.05, 0) is 54.4 Å². The molecule has 0 aliphatic rings. The Balaban J connectivity index is 1.61. The van der Waals surface area contributed by atoms with E-state index >= 15 is 0 Å². The van der Waals surface area contributed by atoms with Gasteiger partial charge < -0.3 is 15.4 Å². The van der Waals surface area contributed by atoms with Gasteiger partial charge in [-0.15, -0.1) is 0 Å². The third-order valence-corrected chi connectivity index (χ3v) is 4.61. The van der Waals surface area contributed by atoms with Crippen molar-refractivity contribution in [3.05, 3.63) is 95.1 Å². The minimum Gasteiger partial charge on any atom is -0.465 e. The molecule has 0 unspecified atom stereocenters. The van der Waals surface area contributed by atoms with E-state index in [4.69, 9.17) is 0 Å². The minimum atomic E-state index is -1.02. The van der Waals surface area contributed by atoms with Crippen LogP contribution in [0.3, 0.4) is 0 Å². The van der Waals surface area contributed by atoms with E-state index in [2.05, 4.69) is 25.9 Å². The number of para-hydroxylation sites is 1. The van der Waals surface area contributed by atoms with Crippen molar-refractivity contribution in [3.63, 3.8) is 0 Å². The van der Waals surface area contributed by atoms with Gasteiger partial charge >= 0.3 is 17.8 Å². The first-order valence-corrected chi connectivity index (χ1v) is 10.2. The highest BCUT2D eigenvalue weighted by atomic mass is 16.5. The fourth-order valence-corrected chi connectivity index (χ4v) is 2.93. The van der Waals surface area contributed by atoms with Crippen LogP contribution < -0.4 is 16.1 Å². The number of aryl methyl sites for hydroxylation is 1. The summed E-state index contributed by atoms with van der Waals surface area (Å²) in [5.41, 5.74) is 5.04. The van der Waals surface area contributed by atoms with Gasteiger partial charge in [-0.3, -0.25) is 14.4 Å². The number of ether oxygens (including phenoxy) is 1. The van der Waals surface area contributed by atoms with Gasteiger partial charge in [0.2, 0.25) is 0 Å². The summed E-state index contributed by atoms with van der Waals surface area (Å²) in [4.78, 5) is 48.6. The van der Waals surface area contributed by atoms with Gasteiger partial charge in [0.25, 0.3) is 5.91 Å². The van der Waals surface area contributed by atoms with Crippen LogP contribution >= 0.6 is 0 Å². The number of nitrogens with zero attached hydrogens (tertiary/aromatic N) is 1. The molecule has 0 aliphatic carbocycles. The lowest BCUT2D eigenvalue weighted by Gasteiger charge is -2.11. The number of amides is 3. The summed E-state index contributed by atoms with van der Waals surface area (Å²) in [6.07, 6.45) is 1.31. The highest BCUT2D eigenvalue weighted by Crippen LogP contribution is 2.18. The van der Waals surface area contributed by atoms with E-state index < -0.39 is 23.7 Å². The molecule has 0 heterocycles. The molecule has 3 N–H and O–H groups in total. The van der Waals surface area contributed by atoms with Crippen molar-refractivity contribution < 1.29 is 23.9 Å². The molecule has 0 fully saturated rings. The van der Waals surface area contributed by atoms with Gasteiger partial charge in [0, 0.05) is 5.69 Å². The molecule has 3 aromatic carbocycles. The molecule has 3 aromatic rings. The van der Waals surface area contributed by atoms with Crippen LogP contribution in [0.4, 0.5) is 11.4 Å². The Bertz CT molecular complexity index is 1250. The number of carbonyl (C=O) groups is 4. The first-order chi connectivity index (χ1) is 16.4. The van der Waals surface area contributed by atoms with Crippen molar-refractivity contribution in [2.75, 3.05) is 17.7 Å². The molecule has 172 valence electrons. The largest absolute Gasteiger partial charge is 0.465 e. The quantitative estimate of drug-likeness (QED) is 0.226. The van der Waals surface area contributed by atoms with Crippen LogP contribution in [0.25, 0.3) is 0 Å². The van der Waals surface area contributed by atoms with Crippen molar-refractivity contribution in [1.29, 1.82) is 0 Å². The number of nitrogens with one attached hydrogen (secondary N) is 3. The third-order valence-electron chi connectivity index (χ3n) is 4.61. The van der Waals surface area contributed by atoms with Gasteiger partial charge in [-0.25, -0.2) is 10.2 Å². The van der Waals surface area contributed by atoms with E-state index in [0.717, 1.165) is 5.56 Å². The Morgan fingerprint density at radius 3 is 2.29 bits per heavy atom. The molecule has 0 radical (unpaired) electrons. The van der Waals surface area contributed by atoms with Gasteiger partial charge in [0.15, 0.2) is 0 Å². The standard InChI is InChI=1S/C25H22N4O5/c1-16-6-5-7-19(14-16)27-22(30)20-8-3-4-9-21(20)28-23(31)24(32)29-26-15-17-10-12-18(13-11-17)25(33)34-2/h3-15H,1-2H3,(H,27,30)(H,28,31)(H,29,32). The van der Waals surface area contributed by atoms with E-state index in [1.807, 2.05) is 25.1 Å². The fraction of sp³-hybridized carbons (Fsp3) is 0.0800. The summed E-state index contributed by atoms with van der Waals surface area (Å²) in [5.74, 6) is -2.91. The van der Waals surface area contributed by atoms with Crippen molar-refractivity contribution >= 4 is 41.3 Å². The Hall–Kier alpha value is -4.79. The van der Waals surface area contributed by atoms with Crippen LogP contribution in [0.2, 0.25) is 0 Å². The summed E-state index contributed by atoms with van der Waals surface area (Å²) in [5, 5.41) is 8.93. The van der Waals surface area contributed by atoms with Crippen LogP contribution in [0, 0.1) is 6.92 Å². The van der Waals surface area contributed by atoms with E-state index in [1.54, 1.807) is 42.5 Å². The number of benzene rings is 3. The van der Waals surface area contributed by atoms with Crippen LogP contribution in [0.15, 0.2) is 77.9 Å². The average molecular weight is 458 g/mol. The number of carbonyl (C=O) groups excluding carboxylic acids is 4. The second-order valence-corrected chi connectivity index (χ2v) is 7.14. The topological polar surface area (TPSA) is 126 Å². The minimum absolute atomic E-state index is 0.176. The monoisotopic (exact) mass is 458 g/mol. The maximum atomic E-state index is 12.7. The van der Waals surface area contributed by atoms with Crippen LogP contribution in [0.5, 0.6) is 0 Å². The van der Waals surface area contributed by atoms with E-state index in [1.165, 1.54) is 25.5 Å². The summed E-state index contributed by atoms with van der Waals surface area (Å²) >= 11 is 0. The molecule has 0 saturated heterocycles. The van der Waals surface area contributed by atoms with E-state index in [0.29, 0.717) is 16.8 Å². The van der Waals surface area contributed by atoms with E-state index in [9.17, 15) is 19.2 Å². The Morgan fingerprint density at radius 2 is 1.59 bits per heavy atom. The lowest BCUT2D eigenvalue weighted by Crippen LogP contribution is -2.33. The number of hydrogen-bond acceptors (Lipinski definition) is 6. The molecule has 0 aromatic heterocycles. The molecule has 9 heteroatoms. The zero-order valence-electron chi connectivity index (χ0n) is 18.5. The molecule has 0 spiro atoms. The fourth-order valence-electron chi connectivity index (χ4n) is 2.93. The van der Waals surface area contributed by atoms with Crippen LogP contribution in [0.1, 0.15) is 31.8 Å². The molecule has 0 saturated carbocycles. The Labute approximate surface area is 195 Å². The highest BCUT2D eigenvalue weighted by Gasteiger charge is 2.17. The predicted octanol–water partition coefficient (Wildman–Crippen LogP) is 3.12. The number of hydrazone groups is 1. The molecule has 34 heavy (non-hydrogen) atoms. The molecule has 0 bridgehead atoms. The SMILES string of the molecule is COC(=O)c1ccc(C=NNC(=O)C(=O)Nc2ccccc2C(=O)Nc2cccc(C)c2)cc1. The first-order valence-electron chi connectivity index (χ1n) is 10.2. The second-order valence-electron chi connectivity index (χ2n) is 7.14. The van der Waals surface area contributed by atoms with Crippen molar-refractivity contribution in [2.45, 2.75) is 6.92 Å². The number of anilines is 2. The lowest BCUT2D eigenvalue weighted by molar-refractivity contribution is -0.136. The van der Waals surface area contributed by atoms with Gasteiger partial charge in [-0.1, -0.05) is 36.4 Å². The first kappa shape index (κ1) is 23.9. The summed E-state index contributed by atoms with van der Waals surface area (Å²) in [7, 11) is 1.28. The normalized spacial score (nSPS) is 10.4. The Kier molecular flexibility index (Phi) is 7.85. The maximum Gasteiger partial charge on any atom is 0.337 e. The summed E-state index contributed by atoms with van der Waals surface area (Å²) in [6, 6.07) is 19.9. The van der Waals surface area contributed by atoms with E-state index in [-0.39, 0.29) is 11.3 Å². The summed E-state index contributed by atoms with van der Waals surface area (Å²) < 4.78 is 4.62. The van der Waals surface area contributed by atoms with Crippen LogP contribution in [-0.2, 0) is 14.3 Å². The Morgan fingerprint density at radius 1 is 0.853 bits per heavy atom. The maximum absolute atomic E-state index is 12.7. The molecule has 0 aliphatic heterocycles. The lowest BCUT2D eigenvalue weighted by atomic mass is 10.1. The molecular formula is C25H22N4O5. The molecule has 3 amide bonds. The van der Waals surface area contributed by atoms with Gasteiger partial charge in [-0.2, -0.15) is 5.10 Å². The second kappa shape index (κ2) is 11.2. The third kappa shape index (κ3) is 6.36. The van der Waals surface area contributed by atoms with Gasteiger partial charge in [0.05, 0.1) is 30.1 Å². The number of methoxy groups -OCH3 is 1. The molecule has 3 rings (SSSR count). The predicted molar refractivity (Wildman–Crippen MR) is 128 cm³/mol. The molecular weight excluding hydrogens is 436 g/mol. The van der Waals surface area contributed by atoms with Crippen molar-refractivity contribution in [3.8, 4) is 0 Å². The highest BCUT2D eigenvalue weighted by molar-refractivity contribution is 6.40. The average Bonchev–Trinajstić information content (AvgIpc) is 2.84. The zero-order chi connectivity index (χ0) is 24.5. The van der Waals surface area contributed by atoms with Crippen LogP contribution in [-0.4, -0.2) is 37.0 Å². The smallest absolute Gasteiger partial charge is 0.337 e. The number of hydrogen-bond donors (Lipinski definition) is 3. The zero-order valence-corrected chi connectivity index (χ0v) is 18.5. The molecule has 9 nitrogen and oxygen atoms in total. The number of esters is 1. The number of rotatable bonds is 6. The van der Waals surface area contributed by atoms with Crippen molar-refractivity contribution in [1.82, 2.24) is 5.43 Å². The van der Waals surface area contributed by atoms with Crippen molar-refractivity contribution in [2.24, 2.45) is 5.10 Å². The molecule has 0 atom stereocenters.